The molecular weight excluding hydrogens is 292 g/mol. The largest absolute Gasteiger partial charge is 0.489 e. The molecule has 1 aliphatic rings. The number of rotatable bonds is 5. The van der Waals surface area contributed by atoms with Crippen molar-refractivity contribution in [2.24, 2.45) is 5.73 Å². The van der Waals surface area contributed by atoms with Gasteiger partial charge in [-0.25, -0.2) is 0 Å². The van der Waals surface area contributed by atoms with E-state index < -0.39 is 5.91 Å². The molecule has 2 amide bonds. The van der Waals surface area contributed by atoms with Crippen molar-refractivity contribution in [1.29, 1.82) is 0 Å². The molecule has 2 N–H and O–H groups in total. The standard InChI is InChI=1S/C18H18N2O3/c19-18(22)14-5-3-13(4-6-14)12-23-16-9-7-15(8-10-16)20-11-1-2-17(20)21/h3-10H,1-2,11-12H2,(H2,19,22). The van der Waals surface area contributed by atoms with Crippen molar-refractivity contribution in [1.82, 2.24) is 0 Å². The molecule has 1 heterocycles. The molecule has 2 aromatic rings. The first kappa shape index (κ1) is 15.1. The van der Waals surface area contributed by atoms with Crippen LogP contribution in [-0.4, -0.2) is 18.4 Å². The number of hydrogen-bond acceptors (Lipinski definition) is 3. The van der Waals surface area contributed by atoms with Gasteiger partial charge in [0.25, 0.3) is 0 Å². The van der Waals surface area contributed by atoms with Gasteiger partial charge in [-0.3, -0.25) is 9.59 Å². The first-order valence-electron chi connectivity index (χ1n) is 7.55. The monoisotopic (exact) mass is 310 g/mol. The van der Waals surface area contributed by atoms with Crippen LogP contribution >= 0.6 is 0 Å². The minimum absolute atomic E-state index is 0.174. The van der Waals surface area contributed by atoms with E-state index in [0.29, 0.717) is 18.6 Å². The van der Waals surface area contributed by atoms with E-state index >= 15 is 0 Å². The molecule has 0 aromatic heterocycles. The lowest BCUT2D eigenvalue weighted by Crippen LogP contribution is -2.23. The van der Waals surface area contributed by atoms with Crippen molar-refractivity contribution < 1.29 is 14.3 Å². The van der Waals surface area contributed by atoms with Gasteiger partial charge in [-0.15, -0.1) is 0 Å². The predicted molar refractivity (Wildman–Crippen MR) is 87.3 cm³/mol. The molecule has 5 nitrogen and oxygen atoms in total. The average Bonchev–Trinajstić information content (AvgIpc) is 3.00. The van der Waals surface area contributed by atoms with Gasteiger partial charge in [-0.05, 0) is 48.4 Å². The van der Waals surface area contributed by atoms with Crippen LogP contribution in [0.3, 0.4) is 0 Å². The Hall–Kier alpha value is -2.82. The van der Waals surface area contributed by atoms with E-state index in [4.69, 9.17) is 10.5 Å². The molecule has 1 saturated heterocycles. The van der Waals surface area contributed by atoms with Crippen LogP contribution in [-0.2, 0) is 11.4 Å². The zero-order valence-electron chi connectivity index (χ0n) is 12.7. The molecule has 0 aliphatic carbocycles. The predicted octanol–water partition coefficient (Wildman–Crippen LogP) is 2.49. The SMILES string of the molecule is NC(=O)c1ccc(COc2ccc(N3CCCC3=O)cc2)cc1. The van der Waals surface area contributed by atoms with Crippen molar-refractivity contribution in [3.05, 3.63) is 59.7 Å². The Bertz CT molecular complexity index is 708. The number of hydrogen-bond donors (Lipinski definition) is 1. The third-order valence-electron chi connectivity index (χ3n) is 3.87. The Labute approximate surface area is 134 Å². The van der Waals surface area contributed by atoms with Crippen LogP contribution in [0.15, 0.2) is 48.5 Å². The minimum atomic E-state index is -0.440. The van der Waals surface area contributed by atoms with E-state index in [2.05, 4.69) is 0 Å². The number of carbonyl (C=O) groups excluding carboxylic acids is 2. The Kier molecular flexibility index (Phi) is 4.28. The van der Waals surface area contributed by atoms with Crippen LogP contribution < -0.4 is 15.4 Å². The molecule has 3 rings (SSSR count). The summed E-state index contributed by atoms with van der Waals surface area (Å²) in [5, 5.41) is 0. The molecule has 5 heteroatoms. The summed E-state index contributed by atoms with van der Waals surface area (Å²) in [4.78, 5) is 24.5. The van der Waals surface area contributed by atoms with E-state index in [-0.39, 0.29) is 5.91 Å². The van der Waals surface area contributed by atoms with E-state index in [0.717, 1.165) is 30.0 Å². The summed E-state index contributed by atoms with van der Waals surface area (Å²) in [5.74, 6) is 0.470. The van der Waals surface area contributed by atoms with Crippen LogP contribution in [0.4, 0.5) is 5.69 Å². The lowest BCUT2D eigenvalue weighted by atomic mass is 10.1. The Morgan fingerprint density at radius 3 is 2.35 bits per heavy atom. The number of benzene rings is 2. The van der Waals surface area contributed by atoms with E-state index in [1.165, 1.54) is 0 Å². The second kappa shape index (κ2) is 6.52. The third-order valence-corrected chi connectivity index (χ3v) is 3.87. The first-order chi connectivity index (χ1) is 11.1. The lowest BCUT2D eigenvalue weighted by Gasteiger charge is -2.16. The number of amides is 2. The molecule has 1 aliphatic heterocycles. The molecule has 0 atom stereocenters. The number of ether oxygens (including phenoxy) is 1. The topological polar surface area (TPSA) is 72.6 Å². The molecule has 1 fully saturated rings. The summed E-state index contributed by atoms with van der Waals surface area (Å²) in [6.45, 7) is 1.19. The average molecular weight is 310 g/mol. The zero-order chi connectivity index (χ0) is 16.2. The second-order valence-corrected chi connectivity index (χ2v) is 5.49. The molecule has 23 heavy (non-hydrogen) atoms. The summed E-state index contributed by atoms with van der Waals surface area (Å²) in [6, 6.07) is 14.5. The van der Waals surface area contributed by atoms with Crippen LogP contribution in [0.25, 0.3) is 0 Å². The van der Waals surface area contributed by atoms with Crippen molar-refractivity contribution in [2.75, 3.05) is 11.4 Å². The Balaban J connectivity index is 1.60. The van der Waals surface area contributed by atoms with Gasteiger partial charge in [0.15, 0.2) is 0 Å². The second-order valence-electron chi connectivity index (χ2n) is 5.49. The van der Waals surface area contributed by atoms with Crippen LogP contribution in [0.2, 0.25) is 0 Å². The summed E-state index contributed by atoms with van der Waals surface area (Å²) in [5.41, 5.74) is 7.55. The van der Waals surface area contributed by atoms with Crippen LogP contribution in [0.1, 0.15) is 28.8 Å². The fourth-order valence-electron chi connectivity index (χ4n) is 2.58. The maximum absolute atomic E-state index is 11.7. The fourth-order valence-corrected chi connectivity index (χ4v) is 2.58. The van der Waals surface area contributed by atoms with Gasteiger partial charge in [0.05, 0.1) is 0 Å². The number of carbonyl (C=O) groups is 2. The van der Waals surface area contributed by atoms with Gasteiger partial charge in [-0.1, -0.05) is 12.1 Å². The molecule has 0 saturated carbocycles. The smallest absolute Gasteiger partial charge is 0.248 e. The van der Waals surface area contributed by atoms with Gasteiger partial charge < -0.3 is 15.4 Å². The highest BCUT2D eigenvalue weighted by molar-refractivity contribution is 5.95. The molecule has 118 valence electrons. The van der Waals surface area contributed by atoms with Gasteiger partial charge in [0.2, 0.25) is 11.8 Å². The summed E-state index contributed by atoms with van der Waals surface area (Å²) < 4.78 is 5.72. The number of nitrogens with two attached hydrogens (primary N) is 1. The van der Waals surface area contributed by atoms with E-state index in [9.17, 15) is 9.59 Å². The zero-order valence-corrected chi connectivity index (χ0v) is 12.7. The molecule has 0 bridgehead atoms. The summed E-state index contributed by atoms with van der Waals surface area (Å²) in [7, 11) is 0. The number of nitrogens with zero attached hydrogens (tertiary/aromatic N) is 1. The summed E-state index contributed by atoms with van der Waals surface area (Å²) in [6.07, 6.45) is 1.54. The molecule has 0 spiro atoms. The van der Waals surface area contributed by atoms with E-state index in [1.54, 1.807) is 17.0 Å². The number of anilines is 1. The molecule has 0 radical (unpaired) electrons. The highest BCUT2D eigenvalue weighted by atomic mass is 16.5. The van der Waals surface area contributed by atoms with Crippen molar-refractivity contribution in [3.63, 3.8) is 0 Å². The Morgan fingerprint density at radius 2 is 1.78 bits per heavy atom. The molecular formula is C18H18N2O3. The van der Waals surface area contributed by atoms with E-state index in [1.807, 2.05) is 36.4 Å². The van der Waals surface area contributed by atoms with Gasteiger partial charge in [0.1, 0.15) is 12.4 Å². The number of primary amides is 1. The van der Waals surface area contributed by atoms with Crippen molar-refractivity contribution >= 4 is 17.5 Å². The molecule has 2 aromatic carbocycles. The van der Waals surface area contributed by atoms with Gasteiger partial charge >= 0.3 is 0 Å². The quantitative estimate of drug-likeness (QED) is 0.922. The van der Waals surface area contributed by atoms with Crippen molar-refractivity contribution in [2.45, 2.75) is 19.4 Å². The maximum Gasteiger partial charge on any atom is 0.248 e. The van der Waals surface area contributed by atoms with Gasteiger partial charge in [-0.2, -0.15) is 0 Å². The Morgan fingerprint density at radius 1 is 1.09 bits per heavy atom. The maximum atomic E-state index is 11.7. The highest BCUT2D eigenvalue weighted by Gasteiger charge is 2.21. The van der Waals surface area contributed by atoms with Crippen molar-refractivity contribution in [3.8, 4) is 5.75 Å². The fraction of sp³-hybridized carbons (Fsp3) is 0.222. The lowest BCUT2D eigenvalue weighted by molar-refractivity contribution is -0.117. The normalized spacial score (nSPS) is 14.1. The third kappa shape index (κ3) is 3.51. The van der Waals surface area contributed by atoms with Gasteiger partial charge in [0, 0.05) is 24.2 Å². The molecule has 0 unspecified atom stereocenters. The van der Waals surface area contributed by atoms with Crippen LogP contribution in [0, 0.1) is 0 Å². The minimum Gasteiger partial charge on any atom is -0.489 e. The highest BCUT2D eigenvalue weighted by Crippen LogP contribution is 2.24. The first-order valence-corrected chi connectivity index (χ1v) is 7.55. The van der Waals surface area contributed by atoms with Crippen LogP contribution in [0.5, 0.6) is 5.75 Å². The summed E-state index contributed by atoms with van der Waals surface area (Å²) >= 11 is 0.